The average molecular weight is 155 g/mol. The number of alkyl halides is 1. The van der Waals surface area contributed by atoms with E-state index in [-0.39, 0.29) is 12.2 Å². The van der Waals surface area contributed by atoms with Gasteiger partial charge in [-0.05, 0) is 13.3 Å². The Balaban J connectivity index is 3.53. The van der Waals surface area contributed by atoms with Crippen LogP contribution >= 0.6 is 0 Å². The van der Waals surface area contributed by atoms with E-state index < -0.39 is 16.2 Å². The van der Waals surface area contributed by atoms with E-state index in [0.717, 1.165) is 0 Å². The van der Waals surface area contributed by atoms with E-state index in [1.807, 2.05) is 0 Å². The van der Waals surface area contributed by atoms with Gasteiger partial charge in [-0.3, -0.25) is 0 Å². The highest BCUT2D eigenvalue weighted by atomic mass is 32.2. The van der Waals surface area contributed by atoms with Gasteiger partial charge < -0.3 is 0 Å². The SMILES string of the molecule is CC(F)CCS(N)(=O)=O. The van der Waals surface area contributed by atoms with Crippen LogP contribution < -0.4 is 5.14 Å². The van der Waals surface area contributed by atoms with Gasteiger partial charge >= 0.3 is 0 Å². The molecule has 1 unspecified atom stereocenters. The predicted octanol–water partition coefficient (Wildman–Crippen LogP) is 0.0230. The van der Waals surface area contributed by atoms with Crippen LogP contribution in [0.4, 0.5) is 4.39 Å². The van der Waals surface area contributed by atoms with Crippen LogP contribution in [-0.4, -0.2) is 20.3 Å². The van der Waals surface area contributed by atoms with Crippen LogP contribution in [0.2, 0.25) is 0 Å². The summed E-state index contributed by atoms with van der Waals surface area (Å²) in [6.07, 6.45) is -1.11. The van der Waals surface area contributed by atoms with Crippen LogP contribution in [0, 0.1) is 0 Å². The van der Waals surface area contributed by atoms with Gasteiger partial charge in [0.25, 0.3) is 0 Å². The number of hydrogen-bond donors (Lipinski definition) is 1. The minimum atomic E-state index is -3.46. The summed E-state index contributed by atoms with van der Waals surface area (Å²) in [4.78, 5) is 0. The molecule has 0 aliphatic carbocycles. The van der Waals surface area contributed by atoms with Gasteiger partial charge in [0.1, 0.15) is 0 Å². The first-order valence-corrected chi connectivity index (χ1v) is 4.28. The van der Waals surface area contributed by atoms with Crippen LogP contribution in [0.5, 0.6) is 0 Å². The lowest BCUT2D eigenvalue weighted by molar-refractivity contribution is 0.352. The van der Waals surface area contributed by atoms with Crippen molar-refractivity contribution in [2.24, 2.45) is 5.14 Å². The fraction of sp³-hybridized carbons (Fsp3) is 1.00. The monoisotopic (exact) mass is 155 g/mol. The molecular weight excluding hydrogens is 145 g/mol. The Kier molecular flexibility index (Phi) is 3.07. The Morgan fingerprint density at radius 2 is 2.11 bits per heavy atom. The highest BCUT2D eigenvalue weighted by Crippen LogP contribution is 1.96. The van der Waals surface area contributed by atoms with Crippen LogP contribution in [0.3, 0.4) is 0 Å². The maximum Gasteiger partial charge on any atom is 0.209 e. The molecule has 0 saturated carbocycles. The summed E-state index contributed by atoms with van der Waals surface area (Å²) in [7, 11) is -3.46. The molecule has 0 aromatic carbocycles. The van der Waals surface area contributed by atoms with Crippen molar-refractivity contribution in [2.75, 3.05) is 5.75 Å². The maximum atomic E-state index is 11.9. The number of primary sulfonamides is 1. The molecule has 0 aromatic heterocycles. The number of nitrogens with two attached hydrogens (primary N) is 1. The lowest BCUT2D eigenvalue weighted by Gasteiger charge is -1.97. The van der Waals surface area contributed by atoms with Crippen molar-refractivity contribution in [1.82, 2.24) is 0 Å². The highest BCUT2D eigenvalue weighted by Gasteiger charge is 2.05. The van der Waals surface area contributed by atoms with Crippen molar-refractivity contribution in [3.8, 4) is 0 Å². The largest absolute Gasteiger partial charge is 0.248 e. The number of halogens is 1. The Bertz CT molecular complexity index is 163. The Labute approximate surface area is 54.1 Å². The molecule has 0 amide bonds. The summed E-state index contributed by atoms with van der Waals surface area (Å²) in [5.41, 5.74) is 0. The van der Waals surface area contributed by atoms with Gasteiger partial charge in [0.15, 0.2) is 0 Å². The van der Waals surface area contributed by atoms with Crippen molar-refractivity contribution in [2.45, 2.75) is 19.5 Å². The minimum Gasteiger partial charge on any atom is -0.248 e. The zero-order valence-corrected chi connectivity index (χ0v) is 5.99. The summed E-state index contributed by atoms with van der Waals surface area (Å²) >= 11 is 0. The summed E-state index contributed by atoms with van der Waals surface area (Å²) < 4.78 is 32.2. The third-order valence-corrected chi connectivity index (χ3v) is 1.60. The van der Waals surface area contributed by atoms with Gasteiger partial charge in [-0.2, -0.15) is 0 Å². The molecule has 0 saturated heterocycles. The van der Waals surface area contributed by atoms with Crippen LogP contribution in [-0.2, 0) is 10.0 Å². The van der Waals surface area contributed by atoms with E-state index in [4.69, 9.17) is 0 Å². The van der Waals surface area contributed by atoms with Gasteiger partial charge in [-0.1, -0.05) is 0 Å². The lowest BCUT2D eigenvalue weighted by atomic mass is 10.3. The molecule has 9 heavy (non-hydrogen) atoms. The first-order chi connectivity index (χ1) is 3.92. The van der Waals surface area contributed by atoms with Gasteiger partial charge in [-0.15, -0.1) is 0 Å². The van der Waals surface area contributed by atoms with E-state index in [0.29, 0.717) is 0 Å². The second kappa shape index (κ2) is 3.12. The molecule has 0 aliphatic rings. The highest BCUT2D eigenvalue weighted by molar-refractivity contribution is 7.89. The molecule has 2 N–H and O–H groups in total. The van der Waals surface area contributed by atoms with Crippen molar-refractivity contribution in [3.63, 3.8) is 0 Å². The van der Waals surface area contributed by atoms with Crippen LogP contribution in [0.15, 0.2) is 0 Å². The molecule has 56 valence electrons. The molecule has 5 heteroatoms. The third-order valence-electron chi connectivity index (χ3n) is 0.800. The first-order valence-electron chi connectivity index (χ1n) is 2.56. The molecule has 1 atom stereocenters. The second-order valence-corrected chi connectivity index (χ2v) is 3.67. The van der Waals surface area contributed by atoms with Gasteiger partial charge in [-0.25, -0.2) is 17.9 Å². The molecule has 3 nitrogen and oxygen atoms in total. The Morgan fingerprint density at radius 1 is 1.67 bits per heavy atom. The van der Waals surface area contributed by atoms with Crippen molar-refractivity contribution >= 4 is 10.0 Å². The second-order valence-electron chi connectivity index (χ2n) is 1.94. The fourth-order valence-electron chi connectivity index (χ4n) is 0.327. The maximum absolute atomic E-state index is 11.9. The molecular formula is C4H10FNO2S. The van der Waals surface area contributed by atoms with Gasteiger partial charge in [0.2, 0.25) is 10.0 Å². The average Bonchev–Trinajstić information content (AvgIpc) is 1.59. The summed E-state index contributed by atoms with van der Waals surface area (Å²) in [5.74, 6) is -0.273. The van der Waals surface area contributed by atoms with Crippen molar-refractivity contribution < 1.29 is 12.8 Å². The fourth-order valence-corrected chi connectivity index (χ4v) is 0.980. The molecule has 0 radical (unpaired) electrons. The zero-order chi connectivity index (χ0) is 7.49. The minimum absolute atomic E-state index is 0.0150. The topological polar surface area (TPSA) is 60.2 Å². The molecule has 0 aromatic rings. The van der Waals surface area contributed by atoms with Crippen molar-refractivity contribution in [1.29, 1.82) is 0 Å². The quantitative estimate of drug-likeness (QED) is 0.624. The summed E-state index contributed by atoms with van der Waals surface area (Å²) in [5, 5.41) is 4.59. The van der Waals surface area contributed by atoms with Crippen LogP contribution in [0.25, 0.3) is 0 Å². The van der Waals surface area contributed by atoms with Crippen molar-refractivity contribution in [3.05, 3.63) is 0 Å². The summed E-state index contributed by atoms with van der Waals surface area (Å²) in [6, 6.07) is 0. The molecule has 0 rings (SSSR count). The lowest BCUT2D eigenvalue weighted by Crippen LogP contribution is -2.18. The smallest absolute Gasteiger partial charge is 0.209 e. The first kappa shape index (κ1) is 8.84. The van der Waals surface area contributed by atoms with E-state index in [9.17, 15) is 12.8 Å². The summed E-state index contributed by atoms with van der Waals surface area (Å²) in [6.45, 7) is 1.30. The Morgan fingerprint density at radius 3 is 2.22 bits per heavy atom. The van der Waals surface area contributed by atoms with E-state index in [1.165, 1.54) is 6.92 Å². The molecule has 0 bridgehead atoms. The van der Waals surface area contributed by atoms with E-state index in [1.54, 1.807) is 0 Å². The van der Waals surface area contributed by atoms with E-state index in [2.05, 4.69) is 5.14 Å². The molecule has 0 aliphatic heterocycles. The number of sulfonamides is 1. The standard InChI is InChI=1S/C4H10FNO2S/c1-4(5)2-3-9(6,7)8/h4H,2-3H2,1H3,(H2,6,7,8). The number of hydrogen-bond acceptors (Lipinski definition) is 2. The normalized spacial score (nSPS) is 15.4. The van der Waals surface area contributed by atoms with Gasteiger partial charge in [0.05, 0.1) is 11.9 Å². The third kappa shape index (κ3) is 7.84. The molecule has 0 fully saturated rings. The molecule has 0 heterocycles. The Hall–Kier alpha value is -0.160. The van der Waals surface area contributed by atoms with Gasteiger partial charge in [0, 0.05) is 0 Å². The van der Waals surface area contributed by atoms with E-state index >= 15 is 0 Å². The predicted molar refractivity (Wildman–Crippen MR) is 33.2 cm³/mol. The van der Waals surface area contributed by atoms with Crippen LogP contribution in [0.1, 0.15) is 13.3 Å². The molecule has 0 spiro atoms. The number of rotatable bonds is 3. The zero-order valence-electron chi connectivity index (χ0n) is 5.17.